The first-order valence-corrected chi connectivity index (χ1v) is 12.3. The van der Waals surface area contributed by atoms with Crippen molar-refractivity contribution in [2.45, 2.75) is 30.7 Å². The predicted molar refractivity (Wildman–Crippen MR) is 131 cm³/mol. The number of benzene rings is 2. The van der Waals surface area contributed by atoms with Gasteiger partial charge in [-0.1, -0.05) is 12.1 Å². The average molecular weight is 450 g/mol. The largest absolute Gasteiger partial charge is 0.497 e. The Morgan fingerprint density at radius 1 is 0.875 bits per heavy atom. The van der Waals surface area contributed by atoms with E-state index in [1.54, 1.807) is 7.11 Å². The summed E-state index contributed by atoms with van der Waals surface area (Å²) >= 11 is 1.83. The van der Waals surface area contributed by atoms with Gasteiger partial charge in [0.1, 0.15) is 17.4 Å². The Morgan fingerprint density at radius 3 is 2.31 bits per heavy atom. The molecule has 1 unspecified atom stereocenters. The lowest BCUT2D eigenvalue weighted by molar-refractivity contribution is 0.146. The molecule has 1 atom stereocenters. The molecule has 2 fully saturated rings. The molecule has 0 amide bonds. The van der Waals surface area contributed by atoms with Gasteiger partial charge in [-0.25, -0.2) is 14.3 Å². The molecule has 1 aromatic heterocycles. The highest BCUT2D eigenvalue weighted by Crippen LogP contribution is 2.31. The van der Waals surface area contributed by atoms with Gasteiger partial charge in [0.15, 0.2) is 0 Å². The highest BCUT2D eigenvalue weighted by Gasteiger charge is 2.26. The number of nitrogens with zero attached hydrogens (tertiary/aromatic N) is 5. The lowest BCUT2D eigenvalue weighted by atomic mass is 10.2. The number of ether oxygens (including phenoxy) is 1. The van der Waals surface area contributed by atoms with Gasteiger partial charge in [-0.05, 0) is 68.1 Å². The summed E-state index contributed by atoms with van der Waals surface area (Å²) in [6.07, 6.45) is 2.49. The summed E-state index contributed by atoms with van der Waals surface area (Å²) in [5.41, 5.74) is 1.06. The summed E-state index contributed by atoms with van der Waals surface area (Å²) in [4.78, 5) is 16.3. The van der Waals surface area contributed by atoms with Crippen molar-refractivity contribution in [3.63, 3.8) is 0 Å². The topological polar surface area (TPSA) is 44.7 Å². The number of para-hydroxylation sites is 1. The molecule has 0 radical (unpaired) electrons. The molecule has 2 saturated heterocycles. The summed E-state index contributed by atoms with van der Waals surface area (Å²) in [5.74, 6) is 2.96. The van der Waals surface area contributed by atoms with Crippen molar-refractivity contribution in [3.05, 3.63) is 54.4 Å². The fourth-order valence-corrected chi connectivity index (χ4v) is 5.47. The van der Waals surface area contributed by atoms with Gasteiger partial charge >= 0.3 is 0 Å². The minimum atomic E-state index is 0.203. The molecular weight excluding hydrogens is 418 g/mol. The van der Waals surface area contributed by atoms with E-state index in [-0.39, 0.29) is 6.04 Å². The third-order valence-corrected chi connectivity index (χ3v) is 7.60. The van der Waals surface area contributed by atoms with Gasteiger partial charge in [0.25, 0.3) is 0 Å². The molecule has 0 saturated carbocycles. The third kappa shape index (κ3) is 4.56. The zero-order valence-corrected chi connectivity index (χ0v) is 19.7. The molecule has 2 aliphatic rings. The number of methoxy groups -OCH3 is 1. The summed E-state index contributed by atoms with van der Waals surface area (Å²) in [7, 11) is 1.70. The highest BCUT2D eigenvalue weighted by molar-refractivity contribution is 7.97. The van der Waals surface area contributed by atoms with E-state index in [9.17, 15) is 0 Å². The van der Waals surface area contributed by atoms with E-state index in [2.05, 4.69) is 57.4 Å². The maximum atomic E-state index is 5.26. The van der Waals surface area contributed by atoms with E-state index in [1.807, 2.05) is 24.1 Å². The molecule has 0 N–H and O–H groups in total. The Balaban J connectivity index is 1.28. The van der Waals surface area contributed by atoms with Crippen molar-refractivity contribution >= 4 is 28.7 Å². The molecule has 168 valence electrons. The van der Waals surface area contributed by atoms with Crippen LogP contribution in [0.4, 0.5) is 5.82 Å². The van der Waals surface area contributed by atoms with Crippen LogP contribution in [0, 0.1) is 0 Å². The predicted octanol–water partition coefficient (Wildman–Crippen LogP) is 4.62. The second-order valence-corrected chi connectivity index (χ2v) is 9.69. The maximum absolute atomic E-state index is 5.26. The van der Waals surface area contributed by atoms with Gasteiger partial charge in [0, 0.05) is 49.6 Å². The maximum Gasteiger partial charge on any atom is 0.148 e. The van der Waals surface area contributed by atoms with Crippen LogP contribution in [-0.4, -0.2) is 65.6 Å². The normalized spacial score (nSPS) is 18.9. The number of piperazine rings is 1. The van der Waals surface area contributed by atoms with E-state index < -0.39 is 0 Å². The summed E-state index contributed by atoms with van der Waals surface area (Å²) in [6.45, 7) is 8.51. The van der Waals surface area contributed by atoms with Crippen molar-refractivity contribution in [3.8, 4) is 5.75 Å². The molecule has 0 bridgehead atoms. The van der Waals surface area contributed by atoms with Crippen LogP contribution in [0.1, 0.15) is 31.6 Å². The molecule has 2 aromatic carbocycles. The van der Waals surface area contributed by atoms with Crippen molar-refractivity contribution < 1.29 is 4.74 Å². The first kappa shape index (κ1) is 21.5. The van der Waals surface area contributed by atoms with Gasteiger partial charge in [0.05, 0.1) is 18.7 Å². The van der Waals surface area contributed by atoms with E-state index in [0.717, 1.165) is 62.2 Å². The first-order chi connectivity index (χ1) is 15.7. The van der Waals surface area contributed by atoms with Crippen LogP contribution in [-0.2, 0) is 0 Å². The SMILES string of the molecule is COc1ccc(SN2CCN(C(C)c3nc(N4CCCC4)c4ccccc4n3)CC2)cc1. The number of hydrogen-bond donors (Lipinski definition) is 0. The zero-order chi connectivity index (χ0) is 21.9. The Hall–Kier alpha value is -2.35. The second kappa shape index (κ2) is 9.65. The van der Waals surface area contributed by atoms with E-state index >= 15 is 0 Å². The number of aromatic nitrogens is 2. The fourth-order valence-electron chi connectivity index (χ4n) is 4.57. The smallest absolute Gasteiger partial charge is 0.148 e. The van der Waals surface area contributed by atoms with Crippen molar-refractivity contribution in [1.29, 1.82) is 0 Å². The Morgan fingerprint density at radius 2 is 1.59 bits per heavy atom. The summed E-state index contributed by atoms with van der Waals surface area (Å²) in [5, 5.41) is 1.17. The molecule has 0 spiro atoms. The van der Waals surface area contributed by atoms with Crippen LogP contribution in [0.2, 0.25) is 0 Å². The molecule has 3 aromatic rings. The Bertz CT molecular complexity index is 1050. The van der Waals surface area contributed by atoms with Gasteiger partial charge in [-0.3, -0.25) is 4.90 Å². The Kier molecular flexibility index (Phi) is 6.48. The molecular formula is C25H31N5OS. The van der Waals surface area contributed by atoms with Crippen LogP contribution in [0.15, 0.2) is 53.4 Å². The van der Waals surface area contributed by atoms with Crippen molar-refractivity contribution in [2.24, 2.45) is 0 Å². The molecule has 7 heteroatoms. The van der Waals surface area contributed by atoms with E-state index in [4.69, 9.17) is 14.7 Å². The lowest BCUT2D eigenvalue weighted by Gasteiger charge is -2.37. The number of fused-ring (bicyclic) bond motifs is 1. The van der Waals surface area contributed by atoms with Gasteiger partial charge in [-0.15, -0.1) is 0 Å². The van der Waals surface area contributed by atoms with Crippen LogP contribution >= 0.6 is 11.9 Å². The highest BCUT2D eigenvalue weighted by atomic mass is 32.2. The number of rotatable bonds is 6. The molecule has 0 aliphatic carbocycles. The first-order valence-electron chi connectivity index (χ1n) is 11.5. The van der Waals surface area contributed by atoms with E-state index in [1.165, 1.54) is 23.1 Å². The van der Waals surface area contributed by atoms with Crippen LogP contribution in [0.5, 0.6) is 5.75 Å². The quantitative estimate of drug-likeness (QED) is 0.509. The molecule has 32 heavy (non-hydrogen) atoms. The standard InChI is InChI=1S/C25H31N5OS/c1-19(28-15-17-30(18-16-28)32-21-11-9-20(31-2)10-12-21)24-26-23-8-4-3-7-22(23)25(27-24)29-13-5-6-14-29/h3-4,7-12,19H,5-6,13-18H2,1-2H3. The van der Waals surface area contributed by atoms with Gasteiger partial charge in [-0.2, -0.15) is 0 Å². The van der Waals surface area contributed by atoms with Crippen LogP contribution in [0.25, 0.3) is 10.9 Å². The van der Waals surface area contributed by atoms with Gasteiger partial charge in [0.2, 0.25) is 0 Å². The molecule has 2 aliphatic heterocycles. The summed E-state index contributed by atoms with van der Waals surface area (Å²) < 4.78 is 7.71. The zero-order valence-electron chi connectivity index (χ0n) is 18.9. The van der Waals surface area contributed by atoms with Crippen LogP contribution in [0.3, 0.4) is 0 Å². The lowest BCUT2D eigenvalue weighted by Crippen LogP contribution is -2.44. The van der Waals surface area contributed by atoms with Crippen molar-refractivity contribution in [1.82, 2.24) is 19.2 Å². The average Bonchev–Trinajstić information content (AvgIpc) is 3.39. The summed E-state index contributed by atoms with van der Waals surface area (Å²) in [6, 6.07) is 17.0. The Labute approximate surface area is 194 Å². The second-order valence-electron chi connectivity index (χ2n) is 8.52. The molecule has 3 heterocycles. The third-order valence-electron chi connectivity index (χ3n) is 6.49. The van der Waals surface area contributed by atoms with Crippen molar-refractivity contribution in [2.75, 3.05) is 51.3 Å². The molecule has 6 nitrogen and oxygen atoms in total. The molecule has 5 rings (SSSR count). The van der Waals surface area contributed by atoms with Crippen LogP contribution < -0.4 is 9.64 Å². The number of anilines is 1. The number of hydrogen-bond acceptors (Lipinski definition) is 7. The van der Waals surface area contributed by atoms with Gasteiger partial charge < -0.3 is 9.64 Å². The minimum absolute atomic E-state index is 0.203. The monoisotopic (exact) mass is 449 g/mol. The minimum Gasteiger partial charge on any atom is -0.497 e. The van der Waals surface area contributed by atoms with E-state index in [0.29, 0.717) is 0 Å². The fraction of sp³-hybridized carbons (Fsp3) is 0.440.